The first kappa shape index (κ1) is 8.19. The zero-order chi connectivity index (χ0) is 9.10. The maximum atomic E-state index is 4.34. The van der Waals surface area contributed by atoms with E-state index in [-0.39, 0.29) is 0 Å². The molecule has 0 saturated heterocycles. The highest BCUT2D eigenvalue weighted by Gasteiger charge is 2.03. The third kappa shape index (κ3) is 1.67. The second-order valence-electron chi connectivity index (χ2n) is 2.59. The van der Waals surface area contributed by atoms with Gasteiger partial charge in [-0.25, -0.2) is 0 Å². The standard InChI is InChI=1S/C9H9N3S/c13-12(9-6-7-10-11-9)8-4-2-1-3-5-8/h1-7,13H,(H,10,11). The number of nitrogens with one attached hydrogen (secondary N) is 1. The van der Waals surface area contributed by atoms with Gasteiger partial charge in [-0.15, -0.1) is 0 Å². The normalized spacial score (nSPS) is 9.92. The van der Waals surface area contributed by atoms with Gasteiger partial charge in [0.2, 0.25) is 0 Å². The van der Waals surface area contributed by atoms with Crippen LogP contribution in [-0.4, -0.2) is 10.2 Å². The number of benzene rings is 1. The van der Waals surface area contributed by atoms with E-state index in [4.69, 9.17) is 0 Å². The highest BCUT2D eigenvalue weighted by atomic mass is 32.1. The average molecular weight is 191 g/mol. The second-order valence-corrected chi connectivity index (χ2v) is 2.99. The Morgan fingerprint density at radius 2 is 1.92 bits per heavy atom. The highest BCUT2D eigenvalue weighted by molar-refractivity contribution is 7.82. The minimum absolute atomic E-state index is 0.856. The quantitative estimate of drug-likeness (QED) is 0.714. The van der Waals surface area contributed by atoms with Crippen LogP contribution in [0.2, 0.25) is 0 Å². The third-order valence-electron chi connectivity index (χ3n) is 1.71. The molecule has 2 aromatic rings. The average Bonchev–Trinajstić information content (AvgIpc) is 2.71. The first-order valence-corrected chi connectivity index (χ1v) is 4.31. The van der Waals surface area contributed by atoms with Crippen molar-refractivity contribution in [1.82, 2.24) is 10.2 Å². The molecule has 0 atom stereocenters. The van der Waals surface area contributed by atoms with Gasteiger partial charge in [-0.1, -0.05) is 31.0 Å². The Morgan fingerprint density at radius 1 is 1.15 bits per heavy atom. The number of hydrogen-bond acceptors (Lipinski definition) is 3. The van der Waals surface area contributed by atoms with Gasteiger partial charge >= 0.3 is 0 Å². The fourth-order valence-electron chi connectivity index (χ4n) is 1.07. The molecular formula is C9H9N3S. The molecule has 0 unspecified atom stereocenters. The second kappa shape index (κ2) is 3.53. The van der Waals surface area contributed by atoms with E-state index in [1.807, 2.05) is 36.4 Å². The molecule has 0 spiro atoms. The third-order valence-corrected chi connectivity index (χ3v) is 2.16. The number of rotatable bonds is 2. The van der Waals surface area contributed by atoms with E-state index in [2.05, 4.69) is 23.0 Å². The van der Waals surface area contributed by atoms with Gasteiger partial charge in [-0.05, 0) is 12.1 Å². The van der Waals surface area contributed by atoms with Crippen molar-refractivity contribution in [3.63, 3.8) is 0 Å². The van der Waals surface area contributed by atoms with Crippen molar-refractivity contribution in [2.45, 2.75) is 0 Å². The molecule has 0 saturated carbocycles. The summed E-state index contributed by atoms with van der Waals surface area (Å²) in [5.41, 5.74) is 1.01. The number of thiol groups is 1. The van der Waals surface area contributed by atoms with Crippen LogP contribution >= 0.6 is 12.8 Å². The molecule has 0 fully saturated rings. The predicted octanol–water partition coefficient (Wildman–Crippen LogP) is 2.39. The monoisotopic (exact) mass is 191 g/mol. The van der Waals surface area contributed by atoms with Crippen LogP contribution in [0.3, 0.4) is 0 Å². The van der Waals surface area contributed by atoms with Crippen molar-refractivity contribution in [2.75, 3.05) is 4.31 Å². The van der Waals surface area contributed by atoms with Crippen LogP contribution in [0, 0.1) is 0 Å². The lowest BCUT2D eigenvalue weighted by Gasteiger charge is -2.14. The van der Waals surface area contributed by atoms with Crippen LogP contribution < -0.4 is 4.31 Å². The summed E-state index contributed by atoms with van der Waals surface area (Å²) < 4.78 is 1.74. The van der Waals surface area contributed by atoms with E-state index in [0.29, 0.717) is 0 Å². The fraction of sp³-hybridized carbons (Fsp3) is 0. The molecule has 1 aromatic heterocycles. The Morgan fingerprint density at radius 3 is 2.54 bits per heavy atom. The lowest BCUT2D eigenvalue weighted by molar-refractivity contribution is 1.08. The molecular weight excluding hydrogens is 182 g/mol. The SMILES string of the molecule is SN(c1ccccc1)c1ccn[nH]1. The van der Waals surface area contributed by atoms with Crippen molar-refractivity contribution in [3.8, 4) is 0 Å². The van der Waals surface area contributed by atoms with Crippen LogP contribution in [0.25, 0.3) is 0 Å². The molecule has 0 aliphatic heterocycles. The van der Waals surface area contributed by atoms with E-state index in [1.165, 1.54) is 0 Å². The molecule has 2 rings (SSSR count). The smallest absolute Gasteiger partial charge is 0.138 e. The molecule has 0 bridgehead atoms. The summed E-state index contributed by atoms with van der Waals surface area (Å²) in [6.07, 6.45) is 1.70. The topological polar surface area (TPSA) is 31.9 Å². The minimum atomic E-state index is 0.856. The van der Waals surface area contributed by atoms with Crippen molar-refractivity contribution >= 4 is 24.3 Å². The molecule has 0 radical (unpaired) electrons. The van der Waals surface area contributed by atoms with Gasteiger partial charge in [0, 0.05) is 6.07 Å². The van der Waals surface area contributed by atoms with Crippen LogP contribution in [-0.2, 0) is 0 Å². The largest absolute Gasteiger partial charge is 0.271 e. The Balaban J connectivity index is 2.29. The zero-order valence-electron chi connectivity index (χ0n) is 6.88. The molecule has 0 amide bonds. The van der Waals surface area contributed by atoms with Crippen LogP contribution in [0.1, 0.15) is 0 Å². The summed E-state index contributed by atoms with van der Waals surface area (Å²) in [5.74, 6) is 0.856. The van der Waals surface area contributed by atoms with Crippen molar-refractivity contribution < 1.29 is 0 Å². The number of H-pyrrole nitrogens is 1. The molecule has 0 aliphatic carbocycles. The highest BCUT2D eigenvalue weighted by Crippen LogP contribution is 2.23. The molecule has 0 aliphatic rings. The molecule has 1 aromatic carbocycles. The number of aromatic nitrogens is 2. The van der Waals surface area contributed by atoms with E-state index in [1.54, 1.807) is 10.5 Å². The summed E-state index contributed by atoms with van der Waals surface area (Å²) in [5, 5.41) is 6.69. The molecule has 3 nitrogen and oxygen atoms in total. The number of para-hydroxylation sites is 1. The van der Waals surface area contributed by atoms with Gasteiger partial charge in [0.25, 0.3) is 0 Å². The lowest BCUT2D eigenvalue weighted by Crippen LogP contribution is -2.01. The molecule has 1 N–H and O–H groups in total. The Hall–Kier alpha value is -1.42. The van der Waals surface area contributed by atoms with Gasteiger partial charge in [0.15, 0.2) is 0 Å². The van der Waals surface area contributed by atoms with Gasteiger partial charge in [-0.3, -0.25) is 9.40 Å². The number of anilines is 2. The Labute approximate surface area is 81.9 Å². The maximum Gasteiger partial charge on any atom is 0.138 e. The summed E-state index contributed by atoms with van der Waals surface area (Å²) in [6, 6.07) is 11.7. The van der Waals surface area contributed by atoms with E-state index < -0.39 is 0 Å². The van der Waals surface area contributed by atoms with Crippen molar-refractivity contribution in [3.05, 3.63) is 42.6 Å². The summed E-state index contributed by atoms with van der Waals surface area (Å²) in [4.78, 5) is 0. The first-order chi connectivity index (χ1) is 6.38. The lowest BCUT2D eigenvalue weighted by atomic mass is 10.3. The zero-order valence-corrected chi connectivity index (χ0v) is 7.78. The summed E-state index contributed by atoms with van der Waals surface area (Å²) in [6.45, 7) is 0. The maximum absolute atomic E-state index is 4.34. The van der Waals surface area contributed by atoms with Crippen LogP contribution in [0.4, 0.5) is 11.5 Å². The van der Waals surface area contributed by atoms with E-state index in [9.17, 15) is 0 Å². The van der Waals surface area contributed by atoms with Gasteiger partial charge < -0.3 is 0 Å². The summed E-state index contributed by atoms with van der Waals surface area (Å²) in [7, 11) is 0. The summed E-state index contributed by atoms with van der Waals surface area (Å²) >= 11 is 4.34. The predicted molar refractivity (Wildman–Crippen MR) is 56.2 cm³/mol. The van der Waals surface area contributed by atoms with Gasteiger partial charge in [0.1, 0.15) is 5.82 Å². The van der Waals surface area contributed by atoms with Crippen molar-refractivity contribution in [1.29, 1.82) is 0 Å². The van der Waals surface area contributed by atoms with E-state index in [0.717, 1.165) is 11.5 Å². The molecule has 4 heteroatoms. The Kier molecular flexibility index (Phi) is 2.23. The number of hydrogen-bond donors (Lipinski definition) is 2. The van der Waals surface area contributed by atoms with Crippen LogP contribution in [0.15, 0.2) is 42.6 Å². The van der Waals surface area contributed by atoms with Gasteiger partial charge in [0.05, 0.1) is 11.9 Å². The molecule has 1 heterocycles. The number of nitrogens with zero attached hydrogens (tertiary/aromatic N) is 2. The van der Waals surface area contributed by atoms with Crippen molar-refractivity contribution in [2.24, 2.45) is 0 Å². The fourth-order valence-corrected chi connectivity index (χ4v) is 1.32. The number of aromatic amines is 1. The molecule has 13 heavy (non-hydrogen) atoms. The first-order valence-electron chi connectivity index (χ1n) is 3.91. The van der Waals surface area contributed by atoms with E-state index >= 15 is 0 Å². The minimum Gasteiger partial charge on any atom is -0.271 e. The van der Waals surface area contributed by atoms with Crippen LogP contribution in [0.5, 0.6) is 0 Å². The molecule has 66 valence electrons. The Bertz CT molecular complexity index is 358. The van der Waals surface area contributed by atoms with Gasteiger partial charge in [-0.2, -0.15) is 5.10 Å².